The highest BCUT2D eigenvalue weighted by molar-refractivity contribution is 6.04. The van der Waals surface area contributed by atoms with Crippen molar-refractivity contribution in [3.8, 4) is 17.1 Å². The number of rotatable bonds is 5. The van der Waals surface area contributed by atoms with Crippen LogP contribution >= 0.6 is 12.4 Å². The second-order valence-electron chi connectivity index (χ2n) is 6.60. The minimum atomic E-state index is -0.484. The number of carbonyl (C=O) groups excluding carboxylic acids is 1. The van der Waals surface area contributed by atoms with Crippen molar-refractivity contribution in [2.45, 2.75) is 6.42 Å². The monoisotopic (exact) mass is 398 g/mol. The summed E-state index contributed by atoms with van der Waals surface area (Å²) in [6.07, 6.45) is 0.879. The Labute approximate surface area is 163 Å². The summed E-state index contributed by atoms with van der Waals surface area (Å²) >= 11 is 0. The Morgan fingerprint density at radius 3 is 2.81 bits per heavy atom. The Balaban J connectivity index is 0.00000261. The molecule has 1 fully saturated rings. The minimum Gasteiger partial charge on any atom is -0.494 e. The van der Waals surface area contributed by atoms with E-state index in [1.807, 2.05) is 0 Å². The van der Waals surface area contributed by atoms with Gasteiger partial charge in [0.25, 0.3) is 5.91 Å². The molecule has 1 unspecified atom stereocenters. The highest BCUT2D eigenvalue weighted by Crippen LogP contribution is 2.35. The predicted octanol–water partition coefficient (Wildman–Crippen LogP) is 2.40. The fourth-order valence-electron chi connectivity index (χ4n) is 3.15. The van der Waals surface area contributed by atoms with Crippen molar-refractivity contribution in [2.24, 2.45) is 11.7 Å². The molecule has 3 rings (SSSR count). The predicted molar refractivity (Wildman–Crippen MR) is 103 cm³/mol. The van der Waals surface area contributed by atoms with Crippen LogP contribution in [0.4, 0.5) is 10.2 Å². The molecule has 1 aliphatic heterocycles. The lowest BCUT2D eigenvalue weighted by atomic mass is 10.1. The number of methoxy groups -OCH3 is 1. The molecule has 0 spiro atoms. The van der Waals surface area contributed by atoms with Crippen molar-refractivity contribution in [3.63, 3.8) is 0 Å². The van der Waals surface area contributed by atoms with E-state index in [1.54, 1.807) is 30.0 Å². The normalized spacial score (nSPS) is 16.2. The first-order valence-electron chi connectivity index (χ1n) is 8.46. The lowest BCUT2D eigenvalue weighted by molar-refractivity contribution is 0.0788. The van der Waals surface area contributed by atoms with Crippen molar-refractivity contribution >= 4 is 24.1 Å². The summed E-state index contributed by atoms with van der Waals surface area (Å²) in [6, 6.07) is 4.32. The summed E-state index contributed by atoms with van der Waals surface area (Å²) in [4.78, 5) is 16.6. The van der Waals surface area contributed by atoms with Crippen LogP contribution in [-0.2, 0) is 0 Å². The van der Waals surface area contributed by atoms with Gasteiger partial charge in [-0.05, 0) is 37.1 Å². The summed E-state index contributed by atoms with van der Waals surface area (Å²) < 4.78 is 24.2. The molecule has 2 N–H and O–H groups in total. The zero-order valence-corrected chi connectivity index (χ0v) is 16.4. The summed E-state index contributed by atoms with van der Waals surface area (Å²) in [5, 5.41) is 4.05. The molecule has 0 radical (unpaired) electrons. The summed E-state index contributed by atoms with van der Waals surface area (Å²) in [5.74, 6) is 0.465. The molecule has 2 heterocycles. The third kappa shape index (κ3) is 4.01. The maximum atomic E-state index is 13.7. The standard InChI is InChI=1S/C18H23FN4O3.ClH/c1-22(2)17-15(18(24)23-7-6-11(9-20)10-23)16(26-21-17)12-4-5-13(19)14(8-12)25-3;/h4-5,8,11H,6-7,9-10,20H2,1-3H3;1H. The SMILES string of the molecule is COc1cc(-c2onc(N(C)C)c2C(=O)N2CCC(CN)C2)ccc1F.Cl. The molecule has 1 aromatic heterocycles. The highest BCUT2D eigenvalue weighted by atomic mass is 35.5. The van der Waals surface area contributed by atoms with Crippen molar-refractivity contribution < 1.29 is 18.4 Å². The largest absolute Gasteiger partial charge is 0.494 e. The fourth-order valence-corrected chi connectivity index (χ4v) is 3.15. The van der Waals surface area contributed by atoms with Crippen molar-refractivity contribution in [3.05, 3.63) is 29.6 Å². The van der Waals surface area contributed by atoms with Crippen molar-refractivity contribution in [1.29, 1.82) is 0 Å². The molecule has 0 bridgehead atoms. The van der Waals surface area contributed by atoms with Gasteiger partial charge < -0.3 is 24.8 Å². The summed E-state index contributed by atoms with van der Waals surface area (Å²) in [6.45, 7) is 1.81. The van der Waals surface area contributed by atoms with Gasteiger partial charge in [-0.3, -0.25) is 4.79 Å². The number of aromatic nitrogens is 1. The molecule has 2 aromatic rings. The molecule has 148 valence electrons. The van der Waals surface area contributed by atoms with Gasteiger partial charge in [0.2, 0.25) is 0 Å². The van der Waals surface area contributed by atoms with E-state index >= 15 is 0 Å². The topological polar surface area (TPSA) is 84.8 Å². The first-order valence-corrected chi connectivity index (χ1v) is 8.46. The molecule has 9 heteroatoms. The van der Waals surface area contributed by atoms with E-state index in [-0.39, 0.29) is 24.1 Å². The maximum absolute atomic E-state index is 13.7. The summed E-state index contributed by atoms with van der Waals surface area (Å²) in [5.41, 5.74) is 6.63. The number of anilines is 1. The highest BCUT2D eigenvalue weighted by Gasteiger charge is 2.33. The van der Waals surface area contributed by atoms with Gasteiger partial charge in [-0.15, -0.1) is 12.4 Å². The number of nitrogens with two attached hydrogens (primary N) is 1. The zero-order valence-electron chi connectivity index (χ0n) is 15.6. The van der Waals surface area contributed by atoms with Crippen LogP contribution in [0.25, 0.3) is 11.3 Å². The Morgan fingerprint density at radius 1 is 1.48 bits per heavy atom. The van der Waals surface area contributed by atoms with Gasteiger partial charge in [0, 0.05) is 32.7 Å². The molecule has 1 aromatic carbocycles. The third-order valence-corrected chi connectivity index (χ3v) is 4.63. The van der Waals surface area contributed by atoms with Gasteiger partial charge in [-0.25, -0.2) is 4.39 Å². The number of hydrogen-bond donors (Lipinski definition) is 1. The van der Waals surface area contributed by atoms with Gasteiger partial charge in [0.15, 0.2) is 23.1 Å². The molecule has 7 nitrogen and oxygen atoms in total. The lowest BCUT2D eigenvalue weighted by Gasteiger charge is -2.18. The maximum Gasteiger partial charge on any atom is 0.261 e. The number of carbonyl (C=O) groups is 1. The fraction of sp³-hybridized carbons (Fsp3) is 0.444. The van der Waals surface area contributed by atoms with E-state index in [4.69, 9.17) is 15.0 Å². The van der Waals surface area contributed by atoms with Gasteiger partial charge in [-0.2, -0.15) is 0 Å². The number of halogens is 2. The Hall–Kier alpha value is -2.32. The van der Waals surface area contributed by atoms with Gasteiger partial charge in [0.05, 0.1) is 7.11 Å². The van der Waals surface area contributed by atoms with E-state index in [0.717, 1.165) is 6.42 Å². The summed E-state index contributed by atoms with van der Waals surface area (Å²) in [7, 11) is 4.96. The van der Waals surface area contributed by atoms with E-state index in [2.05, 4.69) is 5.16 Å². The van der Waals surface area contributed by atoms with Crippen LogP contribution in [0, 0.1) is 11.7 Å². The Morgan fingerprint density at radius 2 is 2.22 bits per heavy atom. The number of hydrogen-bond acceptors (Lipinski definition) is 6. The zero-order chi connectivity index (χ0) is 18.8. The van der Waals surface area contributed by atoms with Crippen LogP contribution in [0.15, 0.2) is 22.7 Å². The van der Waals surface area contributed by atoms with Crippen molar-refractivity contribution in [1.82, 2.24) is 10.1 Å². The minimum absolute atomic E-state index is 0. The smallest absolute Gasteiger partial charge is 0.261 e. The van der Waals surface area contributed by atoms with Gasteiger partial charge in [-0.1, -0.05) is 5.16 Å². The molecular formula is C18H24ClFN4O3. The van der Waals surface area contributed by atoms with Crippen LogP contribution in [0.2, 0.25) is 0 Å². The molecule has 1 aliphatic rings. The van der Waals surface area contributed by atoms with E-state index in [1.165, 1.54) is 19.2 Å². The number of amides is 1. The van der Waals surface area contributed by atoms with E-state index in [9.17, 15) is 9.18 Å². The van der Waals surface area contributed by atoms with Crippen LogP contribution in [0.3, 0.4) is 0 Å². The Kier molecular flexibility index (Phi) is 6.67. The first-order chi connectivity index (χ1) is 12.5. The molecule has 0 aliphatic carbocycles. The first kappa shape index (κ1) is 21.0. The van der Waals surface area contributed by atoms with Crippen LogP contribution in [0.5, 0.6) is 5.75 Å². The molecule has 1 amide bonds. The van der Waals surface area contributed by atoms with Crippen LogP contribution in [0.1, 0.15) is 16.8 Å². The van der Waals surface area contributed by atoms with Gasteiger partial charge in [0.1, 0.15) is 5.56 Å². The second-order valence-corrected chi connectivity index (χ2v) is 6.60. The molecule has 1 atom stereocenters. The molecular weight excluding hydrogens is 375 g/mol. The second kappa shape index (κ2) is 8.58. The molecule has 1 saturated heterocycles. The number of nitrogens with zero attached hydrogens (tertiary/aromatic N) is 3. The molecule has 0 saturated carbocycles. The van der Waals surface area contributed by atoms with E-state index < -0.39 is 5.82 Å². The van der Waals surface area contributed by atoms with Gasteiger partial charge >= 0.3 is 0 Å². The number of ether oxygens (including phenoxy) is 1. The molecule has 27 heavy (non-hydrogen) atoms. The Bertz CT molecular complexity index is 812. The number of likely N-dealkylation sites (tertiary alicyclic amines) is 1. The van der Waals surface area contributed by atoms with Crippen LogP contribution < -0.4 is 15.4 Å². The third-order valence-electron chi connectivity index (χ3n) is 4.63. The van der Waals surface area contributed by atoms with Crippen LogP contribution in [-0.4, -0.2) is 56.8 Å². The average molecular weight is 399 g/mol. The van der Waals surface area contributed by atoms with E-state index in [0.29, 0.717) is 48.3 Å². The number of benzene rings is 1. The average Bonchev–Trinajstić information content (AvgIpc) is 3.28. The lowest BCUT2D eigenvalue weighted by Crippen LogP contribution is -2.31. The van der Waals surface area contributed by atoms with Crippen molar-refractivity contribution in [2.75, 3.05) is 45.7 Å². The quantitative estimate of drug-likeness (QED) is 0.832.